The molecule has 0 aromatic carbocycles. The van der Waals surface area contributed by atoms with Gasteiger partial charge in [0.05, 0.1) is 12.1 Å². The van der Waals surface area contributed by atoms with Gasteiger partial charge in [0.1, 0.15) is 0 Å². The Balaban J connectivity index is 0.00000280. The van der Waals surface area contributed by atoms with E-state index < -0.39 is 0 Å². The highest BCUT2D eigenvalue weighted by atomic mass is 127. The van der Waals surface area contributed by atoms with Crippen LogP contribution in [-0.4, -0.2) is 65.0 Å². The van der Waals surface area contributed by atoms with E-state index in [2.05, 4.69) is 39.2 Å². The minimum Gasteiger partial charge on any atom is -0.357 e. The summed E-state index contributed by atoms with van der Waals surface area (Å²) in [6.07, 6.45) is 10.00. The number of thioether (sulfide) groups is 1. The molecule has 3 rings (SSSR count). The van der Waals surface area contributed by atoms with E-state index in [1.807, 2.05) is 0 Å². The standard InChI is InChI=1S/C20H31N5OS.HI/c1-2-22-19(24-12-11-23-18(26)17-7-6-10-21-15-17)25-13-14-27-20(16-25)8-4-3-5-9-20;/h6-7,10,15H,2-5,8-9,11-14,16H2,1H3,(H,22,24)(H,23,26);1H. The van der Waals surface area contributed by atoms with Crippen molar-refractivity contribution in [2.75, 3.05) is 38.5 Å². The van der Waals surface area contributed by atoms with Crippen LogP contribution in [0.3, 0.4) is 0 Å². The summed E-state index contributed by atoms with van der Waals surface area (Å²) in [4.78, 5) is 23.3. The summed E-state index contributed by atoms with van der Waals surface area (Å²) in [6, 6.07) is 3.54. The molecule has 1 aliphatic heterocycles. The van der Waals surface area contributed by atoms with Gasteiger partial charge < -0.3 is 15.5 Å². The molecule has 6 nitrogen and oxygen atoms in total. The molecular formula is C20H32IN5OS. The summed E-state index contributed by atoms with van der Waals surface area (Å²) >= 11 is 2.17. The number of aliphatic imine (C=N–C) groups is 1. The maximum absolute atomic E-state index is 12.1. The predicted molar refractivity (Wildman–Crippen MR) is 128 cm³/mol. The zero-order valence-corrected chi connectivity index (χ0v) is 19.8. The monoisotopic (exact) mass is 517 g/mol. The average Bonchev–Trinajstić information content (AvgIpc) is 2.71. The number of aromatic nitrogens is 1. The van der Waals surface area contributed by atoms with Gasteiger partial charge in [-0.15, -0.1) is 24.0 Å². The average molecular weight is 517 g/mol. The Bertz CT molecular complexity index is 631. The Hall–Kier alpha value is -1.03. The lowest BCUT2D eigenvalue weighted by Gasteiger charge is -2.45. The normalized spacial score (nSPS) is 19.0. The Morgan fingerprint density at radius 2 is 2.14 bits per heavy atom. The summed E-state index contributed by atoms with van der Waals surface area (Å²) in [5.74, 6) is 2.06. The number of amides is 1. The molecule has 28 heavy (non-hydrogen) atoms. The molecule has 0 radical (unpaired) electrons. The van der Waals surface area contributed by atoms with Crippen molar-refractivity contribution in [3.8, 4) is 0 Å². The van der Waals surface area contributed by atoms with Gasteiger partial charge in [0.15, 0.2) is 5.96 Å². The van der Waals surface area contributed by atoms with Crippen molar-refractivity contribution in [2.45, 2.75) is 43.8 Å². The van der Waals surface area contributed by atoms with Gasteiger partial charge in [-0.05, 0) is 31.9 Å². The van der Waals surface area contributed by atoms with Crippen molar-refractivity contribution in [2.24, 2.45) is 4.99 Å². The van der Waals surface area contributed by atoms with Crippen LogP contribution in [0.2, 0.25) is 0 Å². The van der Waals surface area contributed by atoms with Gasteiger partial charge in [-0.2, -0.15) is 11.8 Å². The fourth-order valence-electron chi connectivity index (χ4n) is 3.88. The lowest BCUT2D eigenvalue weighted by molar-refractivity contribution is 0.0954. The zero-order chi connectivity index (χ0) is 19.0. The minimum absolute atomic E-state index is 0. The number of nitrogens with one attached hydrogen (secondary N) is 2. The highest BCUT2D eigenvalue weighted by Gasteiger charge is 2.38. The smallest absolute Gasteiger partial charge is 0.252 e. The molecule has 2 heterocycles. The van der Waals surface area contributed by atoms with Gasteiger partial charge >= 0.3 is 0 Å². The third kappa shape index (κ3) is 6.50. The molecule has 156 valence electrons. The Labute approximate surface area is 189 Å². The number of halogens is 1. The molecule has 2 aliphatic rings. The topological polar surface area (TPSA) is 69.6 Å². The number of guanidine groups is 1. The van der Waals surface area contributed by atoms with Gasteiger partial charge in [-0.25, -0.2) is 0 Å². The van der Waals surface area contributed by atoms with Crippen molar-refractivity contribution in [1.82, 2.24) is 20.5 Å². The first kappa shape index (κ1) is 23.3. The number of hydrogen-bond acceptors (Lipinski definition) is 4. The first-order valence-corrected chi connectivity index (χ1v) is 11.1. The molecule has 1 aromatic rings. The Morgan fingerprint density at radius 1 is 1.32 bits per heavy atom. The van der Waals surface area contributed by atoms with Crippen LogP contribution in [0, 0.1) is 0 Å². The van der Waals surface area contributed by atoms with E-state index in [4.69, 9.17) is 4.99 Å². The molecule has 1 aliphatic carbocycles. The van der Waals surface area contributed by atoms with Gasteiger partial charge in [0, 0.05) is 49.1 Å². The van der Waals surface area contributed by atoms with Crippen LogP contribution >= 0.6 is 35.7 Å². The highest BCUT2D eigenvalue weighted by molar-refractivity contribution is 14.0. The van der Waals surface area contributed by atoms with Crippen LogP contribution in [0.15, 0.2) is 29.5 Å². The summed E-state index contributed by atoms with van der Waals surface area (Å²) in [6.45, 7) is 6.19. The molecule has 0 unspecified atom stereocenters. The molecule has 1 aromatic heterocycles. The molecule has 8 heteroatoms. The lowest BCUT2D eigenvalue weighted by Crippen LogP contribution is -2.53. The first-order chi connectivity index (χ1) is 13.2. The molecule has 2 N–H and O–H groups in total. The van der Waals surface area contributed by atoms with Crippen molar-refractivity contribution in [3.63, 3.8) is 0 Å². The van der Waals surface area contributed by atoms with Gasteiger partial charge in [-0.1, -0.05) is 19.3 Å². The molecule has 1 amide bonds. The van der Waals surface area contributed by atoms with Gasteiger partial charge in [-0.3, -0.25) is 14.8 Å². The van der Waals surface area contributed by atoms with E-state index in [0.29, 0.717) is 23.4 Å². The fraction of sp³-hybridized carbons (Fsp3) is 0.650. The van der Waals surface area contributed by atoms with E-state index in [9.17, 15) is 4.79 Å². The second-order valence-electron chi connectivity index (χ2n) is 7.25. The molecule has 1 saturated carbocycles. The first-order valence-electron chi connectivity index (χ1n) is 10.1. The predicted octanol–water partition coefficient (Wildman–Crippen LogP) is 3.15. The van der Waals surface area contributed by atoms with E-state index >= 15 is 0 Å². The summed E-state index contributed by atoms with van der Waals surface area (Å²) in [7, 11) is 0. The van der Waals surface area contributed by atoms with Crippen LogP contribution in [0.4, 0.5) is 0 Å². The largest absolute Gasteiger partial charge is 0.357 e. The number of nitrogens with zero attached hydrogens (tertiary/aromatic N) is 3. The maximum Gasteiger partial charge on any atom is 0.252 e. The van der Waals surface area contributed by atoms with Crippen molar-refractivity contribution >= 4 is 47.6 Å². The lowest BCUT2D eigenvalue weighted by atomic mass is 9.87. The fourth-order valence-corrected chi connectivity index (χ4v) is 5.45. The van der Waals surface area contributed by atoms with E-state index in [-0.39, 0.29) is 29.9 Å². The molecule has 0 bridgehead atoms. The molecular weight excluding hydrogens is 485 g/mol. The van der Waals surface area contributed by atoms with E-state index in [1.165, 1.54) is 37.9 Å². The third-order valence-corrected chi connectivity index (χ3v) is 6.77. The molecule has 0 atom stereocenters. The quantitative estimate of drug-likeness (QED) is 0.272. The molecule has 2 fully saturated rings. The Kier molecular flexibility index (Phi) is 9.84. The Morgan fingerprint density at radius 3 is 2.86 bits per heavy atom. The molecule has 1 saturated heterocycles. The summed E-state index contributed by atoms with van der Waals surface area (Å²) < 4.78 is 0.418. The second-order valence-corrected chi connectivity index (χ2v) is 8.81. The van der Waals surface area contributed by atoms with Crippen LogP contribution in [0.25, 0.3) is 0 Å². The van der Waals surface area contributed by atoms with Crippen LogP contribution in [-0.2, 0) is 0 Å². The van der Waals surface area contributed by atoms with Crippen LogP contribution < -0.4 is 10.6 Å². The highest BCUT2D eigenvalue weighted by Crippen LogP contribution is 2.42. The van der Waals surface area contributed by atoms with Crippen molar-refractivity contribution < 1.29 is 4.79 Å². The van der Waals surface area contributed by atoms with Crippen molar-refractivity contribution in [3.05, 3.63) is 30.1 Å². The number of carbonyl (C=O) groups excluding carboxylic acids is 1. The summed E-state index contributed by atoms with van der Waals surface area (Å²) in [5, 5.41) is 6.36. The number of pyridine rings is 1. The maximum atomic E-state index is 12.1. The summed E-state index contributed by atoms with van der Waals surface area (Å²) in [5.41, 5.74) is 0.584. The zero-order valence-electron chi connectivity index (χ0n) is 16.7. The number of carbonyl (C=O) groups is 1. The van der Waals surface area contributed by atoms with Gasteiger partial charge in [0.2, 0.25) is 0 Å². The van der Waals surface area contributed by atoms with Crippen LogP contribution in [0.5, 0.6) is 0 Å². The number of hydrogen-bond donors (Lipinski definition) is 2. The minimum atomic E-state index is -0.0983. The second kappa shape index (κ2) is 11.8. The van der Waals surface area contributed by atoms with Gasteiger partial charge in [0.25, 0.3) is 5.91 Å². The van der Waals surface area contributed by atoms with Crippen molar-refractivity contribution in [1.29, 1.82) is 0 Å². The van der Waals surface area contributed by atoms with E-state index in [1.54, 1.807) is 24.5 Å². The van der Waals surface area contributed by atoms with Crippen LogP contribution in [0.1, 0.15) is 49.4 Å². The van der Waals surface area contributed by atoms with E-state index in [0.717, 1.165) is 25.6 Å². The number of rotatable bonds is 5. The SMILES string of the molecule is CCNC(=NCCNC(=O)c1cccnc1)N1CCSC2(CCCCC2)C1.I. The third-order valence-electron chi connectivity index (χ3n) is 5.23. The molecule has 1 spiro atoms.